The molecule has 28 heavy (non-hydrogen) atoms. The number of rotatable bonds is 6. The molecule has 0 amide bonds. The number of esters is 1. The zero-order chi connectivity index (χ0) is 20.3. The molecule has 1 aliphatic rings. The zero-order valence-electron chi connectivity index (χ0n) is 17.2. The molecule has 3 rings (SSSR count). The second-order valence-corrected chi connectivity index (χ2v) is 7.57. The normalized spacial score (nSPS) is 16.4. The summed E-state index contributed by atoms with van der Waals surface area (Å²) in [7, 11) is 0. The molecule has 1 aliphatic heterocycles. The van der Waals surface area contributed by atoms with E-state index in [0.29, 0.717) is 17.9 Å². The van der Waals surface area contributed by atoms with Crippen LogP contribution in [0.25, 0.3) is 0 Å². The van der Waals surface area contributed by atoms with Crippen LogP contribution in [0.3, 0.4) is 0 Å². The number of fused-ring (bicyclic) bond motifs is 1. The van der Waals surface area contributed by atoms with Crippen LogP contribution < -0.4 is 4.74 Å². The Hall–Kier alpha value is -2.56. The van der Waals surface area contributed by atoms with Gasteiger partial charge in [-0.15, -0.1) is 0 Å². The molecule has 5 nitrogen and oxygen atoms in total. The molecule has 0 fully saturated rings. The predicted molar refractivity (Wildman–Crippen MR) is 108 cm³/mol. The van der Waals surface area contributed by atoms with Crippen molar-refractivity contribution in [1.82, 2.24) is 4.57 Å². The van der Waals surface area contributed by atoms with Crippen LogP contribution in [0.4, 0.5) is 0 Å². The van der Waals surface area contributed by atoms with Gasteiger partial charge in [-0.05, 0) is 76.4 Å². The number of hydrogen-bond acceptors (Lipinski definition) is 4. The van der Waals surface area contributed by atoms with Gasteiger partial charge in [0.2, 0.25) is 5.78 Å². The minimum absolute atomic E-state index is 0.0234. The van der Waals surface area contributed by atoms with E-state index in [1.165, 1.54) is 0 Å². The Kier molecular flexibility index (Phi) is 6.22. The molecule has 1 atom stereocenters. The van der Waals surface area contributed by atoms with Crippen LogP contribution >= 0.6 is 0 Å². The fourth-order valence-corrected chi connectivity index (χ4v) is 3.87. The van der Waals surface area contributed by atoms with Crippen LogP contribution in [0.15, 0.2) is 30.3 Å². The maximum Gasteiger partial charge on any atom is 0.315 e. The van der Waals surface area contributed by atoms with Gasteiger partial charge in [-0.2, -0.15) is 0 Å². The van der Waals surface area contributed by atoms with Crippen molar-refractivity contribution < 1.29 is 19.1 Å². The van der Waals surface area contributed by atoms with E-state index in [1.54, 1.807) is 12.1 Å². The largest absolute Gasteiger partial charge is 0.494 e. The molecular formula is C23H29NO4. The molecule has 0 radical (unpaired) electrons. The molecule has 1 aromatic heterocycles. The highest BCUT2D eigenvalue weighted by Gasteiger charge is 2.31. The van der Waals surface area contributed by atoms with E-state index in [-0.39, 0.29) is 23.8 Å². The van der Waals surface area contributed by atoms with E-state index in [4.69, 9.17) is 9.47 Å². The first-order chi connectivity index (χ1) is 13.4. The van der Waals surface area contributed by atoms with Crippen LogP contribution in [0.2, 0.25) is 0 Å². The van der Waals surface area contributed by atoms with Crippen LogP contribution in [-0.4, -0.2) is 29.0 Å². The summed E-state index contributed by atoms with van der Waals surface area (Å²) in [5.41, 5.74) is 3.09. The van der Waals surface area contributed by atoms with Gasteiger partial charge in [0.05, 0.1) is 24.3 Å². The molecule has 0 N–H and O–H groups in total. The number of benzene rings is 1. The number of carbonyl (C=O) groups is 2. The van der Waals surface area contributed by atoms with Crippen molar-refractivity contribution in [3.63, 3.8) is 0 Å². The van der Waals surface area contributed by atoms with E-state index in [9.17, 15) is 9.59 Å². The summed E-state index contributed by atoms with van der Waals surface area (Å²) in [4.78, 5) is 25.9. The van der Waals surface area contributed by atoms with Crippen molar-refractivity contribution >= 4 is 11.8 Å². The van der Waals surface area contributed by atoms with E-state index in [2.05, 4.69) is 0 Å². The number of nitrogens with zero attached hydrogens (tertiary/aromatic N) is 1. The number of hydrogen-bond donors (Lipinski definition) is 0. The van der Waals surface area contributed by atoms with Gasteiger partial charge in [0.15, 0.2) is 0 Å². The summed E-state index contributed by atoms with van der Waals surface area (Å²) in [6.07, 6.45) is 2.49. The lowest BCUT2D eigenvalue weighted by Crippen LogP contribution is -2.22. The fourth-order valence-electron chi connectivity index (χ4n) is 3.87. The standard InChI is InChI=1S/C23H29NO4/c1-5-27-18-11-9-17(10-12-18)22(25)21-16(4)14-20-19(23(26)28-15(2)3)8-6-7-13-24(20)21/h9-12,14-15,19H,5-8,13H2,1-4H3. The first-order valence-electron chi connectivity index (χ1n) is 10.1. The Labute approximate surface area is 166 Å². The Balaban J connectivity index is 1.96. The molecule has 0 saturated carbocycles. The average Bonchev–Trinajstić information content (AvgIpc) is 2.83. The summed E-state index contributed by atoms with van der Waals surface area (Å²) in [5.74, 6) is 0.215. The highest BCUT2D eigenvalue weighted by atomic mass is 16.5. The van der Waals surface area contributed by atoms with Gasteiger partial charge >= 0.3 is 5.97 Å². The van der Waals surface area contributed by atoms with Gasteiger partial charge < -0.3 is 14.0 Å². The van der Waals surface area contributed by atoms with Crippen LogP contribution in [-0.2, 0) is 16.1 Å². The van der Waals surface area contributed by atoms with Gasteiger partial charge in [-0.25, -0.2) is 0 Å². The van der Waals surface area contributed by atoms with E-state index in [1.807, 2.05) is 50.5 Å². The molecule has 0 bridgehead atoms. The maximum absolute atomic E-state index is 13.3. The molecule has 0 saturated heterocycles. The molecule has 2 aromatic rings. The molecule has 1 aromatic carbocycles. The minimum Gasteiger partial charge on any atom is -0.494 e. The van der Waals surface area contributed by atoms with Gasteiger partial charge in [0.25, 0.3) is 0 Å². The lowest BCUT2D eigenvalue weighted by molar-refractivity contribution is -0.149. The number of aryl methyl sites for hydroxylation is 1. The summed E-state index contributed by atoms with van der Waals surface area (Å²) >= 11 is 0. The minimum atomic E-state index is -0.314. The van der Waals surface area contributed by atoms with Crippen molar-refractivity contribution in [3.05, 3.63) is 52.8 Å². The summed E-state index contributed by atoms with van der Waals surface area (Å²) in [6, 6.07) is 9.23. The van der Waals surface area contributed by atoms with Crippen LogP contribution in [0, 0.1) is 6.92 Å². The monoisotopic (exact) mass is 383 g/mol. The third-order valence-corrected chi connectivity index (χ3v) is 5.08. The second kappa shape index (κ2) is 8.63. The zero-order valence-corrected chi connectivity index (χ0v) is 17.2. The van der Waals surface area contributed by atoms with Crippen LogP contribution in [0.5, 0.6) is 5.75 Å². The Morgan fingerprint density at radius 1 is 1.18 bits per heavy atom. The topological polar surface area (TPSA) is 57.5 Å². The van der Waals surface area contributed by atoms with Crippen molar-refractivity contribution in [2.45, 2.75) is 65.5 Å². The predicted octanol–water partition coefficient (Wildman–Crippen LogP) is 4.65. The maximum atomic E-state index is 13.3. The fraction of sp³-hybridized carbons (Fsp3) is 0.478. The quantitative estimate of drug-likeness (QED) is 0.538. The third-order valence-electron chi connectivity index (χ3n) is 5.08. The molecule has 0 spiro atoms. The second-order valence-electron chi connectivity index (χ2n) is 7.57. The Morgan fingerprint density at radius 3 is 2.54 bits per heavy atom. The number of ether oxygens (including phenoxy) is 2. The first kappa shape index (κ1) is 20.2. The molecule has 0 aliphatic carbocycles. The van der Waals surface area contributed by atoms with Gasteiger partial charge in [0.1, 0.15) is 5.75 Å². The van der Waals surface area contributed by atoms with Gasteiger partial charge in [-0.1, -0.05) is 6.42 Å². The number of aromatic nitrogens is 1. The third kappa shape index (κ3) is 4.13. The highest BCUT2D eigenvalue weighted by molar-refractivity contribution is 6.09. The van der Waals surface area contributed by atoms with Crippen molar-refractivity contribution in [2.75, 3.05) is 6.61 Å². The van der Waals surface area contributed by atoms with E-state index < -0.39 is 0 Å². The van der Waals surface area contributed by atoms with Crippen molar-refractivity contribution in [2.24, 2.45) is 0 Å². The summed E-state index contributed by atoms with van der Waals surface area (Å²) < 4.78 is 13.0. The Morgan fingerprint density at radius 2 is 1.89 bits per heavy atom. The van der Waals surface area contributed by atoms with Gasteiger partial charge in [0, 0.05) is 17.8 Å². The van der Waals surface area contributed by atoms with Crippen molar-refractivity contribution in [1.29, 1.82) is 0 Å². The molecular weight excluding hydrogens is 354 g/mol. The molecule has 1 unspecified atom stereocenters. The smallest absolute Gasteiger partial charge is 0.315 e. The van der Waals surface area contributed by atoms with E-state index >= 15 is 0 Å². The van der Waals surface area contributed by atoms with Gasteiger partial charge in [-0.3, -0.25) is 9.59 Å². The number of carbonyl (C=O) groups excluding carboxylic acids is 2. The van der Waals surface area contributed by atoms with Crippen LogP contribution in [0.1, 0.15) is 73.3 Å². The molecule has 5 heteroatoms. The molecule has 2 heterocycles. The van der Waals surface area contributed by atoms with Crippen molar-refractivity contribution in [3.8, 4) is 5.75 Å². The number of ketones is 1. The SMILES string of the molecule is CCOc1ccc(C(=O)c2c(C)cc3n2CCCCC3C(=O)OC(C)C)cc1. The summed E-state index contributed by atoms with van der Waals surface area (Å²) in [5, 5.41) is 0. The molecule has 150 valence electrons. The lowest BCUT2D eigenvalue weighted by atomic mass is 9.99. The summed E-state index contributed by atoms with van der Waals surface area (Å²) in [6.45, 7) is 8.92. The van der Waals surface area contributed by atoms with E-state index in [0.717, 1.165) is 42.8 Å². The lowest BCUT2D eigenvalue weighted by Gasteiger charge is -2.18. The Bertz CT molecular complexity index is 848. The average molecular weight is 383 g/mol. The first-order valence-corrected chi connectivity index (χ1v) is 10.1. The highest BCUT2D eigenvalue weighted by Crippen LogP contribution is 2.33.